The number of para-hydroxylation sites is 1. The lowest BCUT2D eigenvalue weighted by molar-refractivity contribution is -0.129. The summed E-state index contributed by atoms with van der Waals surface area (Å²) in [5.41, 5.74) is -0.275. The summed E-state index contributed by atoms with van der Waals surface area (Å²) in [5, 5.41) is 13.7. The minimum absolute atomic E-state index is 0.383. The number of anilines is 1. The van der Waals surface area contributed by atoms with E-state index in [0.29, 0.717) is 28.3 Å². The number of hydrogen-bond donors (Lipinski definition) is 2. The first-order valence-electron chi connectivity index (χ1n) is 6.47. The van der Waals surface area contributed by atoms with Crippen LogP contribution in [0, 0.1) is 0 Å². The normalized spacial score (nSPS) is 19.9. The Morgan fingerprint density at radius 1 is 1.05 bits per heavy atom. The van der Waals surface area contributed by atoms with E-state index < -0.39 is 11.5 Å². The highest BCUT2D eigenvalue weighted by Gasteiger charge is 2.48. The third-order valence-electron chi connectivity index (χ3n) is 3.69. The van der Waals surface area contributed by atoms with Gasteiger partial charge < -0.3 is 19.9 Å². The van der Waals surface area contributed by atoms with Gasteiger partial charge in [0.2, 0.25) is 0 Å². The average molecular weight is 285 g/mol. The molecule has 0 radical (unpaired) electrons. The summed E-state index contributed by atoms with van der Waals surface area (Å²) in [6, 6.07) is 12.0. The first-order chi connectivity index (χ1) is 10.1. The molecule has 0 aromatic heterocycles. The Labute approximate surface area is 122 Å². The molecule has 0 aliphatic carbocycles. The standard InChI is InChI=1S/C16H15NO4/c1-20-10-7-8-12(14(9-10)21-2)16(19)11-5-3-4-6-13(11)17-15(16)18/h3-9,19H,1-2H3,(H,17,18). The second-order valence-electron chi connectivity index (χ2n) is 4.78. The number of hydrogen-bond acceptors (Lipinski definition) is 4. The first-order valence-corrected chi connectivity index (χ1v) is 6.47. The second kappa shape index (κ2) is 4.79. The number of carbonyl (C=O) groups is 1. The zero-order valence-electron chi connectivity index (χ0n) is 11.7. The maximum Gasteiger partial charge on any atom is 0.266 e. The lowest BCUT2D eigenvalue weighted by Crippen LogP contribution is -2.35. The molecule has 5 nitrogen and oxygen atoms in total. The quantitative estimate of drug-likeness (QED) is 0.903. The molecule has 0 spiro atoms. The summed E-state index contributed by atoms with van der Waals surface area (Å²) in [7, 11) is 3.03. The Morgan fingerprint density at radius 3 is 2.52 bits per heavy atom. The number of aliphatic hydroxyl groups is 1. The van der Waals surface area contributed by atoms with Crippen molar-refractivity contribution >= 4 is 11.6 Å². The Bertz CT molecular complexity index is 713. The molecule has 2 aromatic carbocycles. The van der Waals surface area contributed by atoms with Crippen molar-refractivity contribution in [1.82, 2.24) is 0 Å². The van der Waals surface area contributed by atoms with Gasteiger partial charge in [-0.05, 0) is 18.2 Å². The van der Waals surface area contributed by atoms with Crippen molar-refractivity contribution in [2.45, 2.75) is 5.60 Å². The van der Waals surface area contributed by atoms with Crippen LogP contribution < -0.4 is 14.8 Å². The van der Waals surface area contributed by atoms with Gasteiger partial charge in [-0.1, -0.05) is 18.2 Å². The number of carbonyl (C=O) groups excluding carboxylic acids is 1. The van der Waals surface area contributed by atoms with Crippen LogP contribution >= 0.6 is 0 Å². The summed E-state index contributed by atoms with van der Waals surface area (Å²) in [5.74, 6) is 0.488. The highest BCUT2D eigenvalue weighted by molar-refractivity contribution is 6.07. The molecule has 5 heteroatoms. The molecule has 0 fully saturated rings. The maximum absolute atomic E-state index is 12.3. The molecular formula is C16H15NO4. The van der Waals surface area contributed by atoms with Crippen LogP contribution in [0.4, 0.5) is 5.69 Å². The molecule has 1 heterocycles. The van der Waals surface area contributed by atoms with Crippen LogP contribution in [0.3, 0.4) is 0 Å². The number of methoxy groups -OCH3 is 2. The van der Waals surface area contributed by atoms with Crippen molar-refractivity contribution in [3.8, 4) is 11.5 Å². The molecule has 1 unspecified atom stereocenters. The lowest BCUT2D eigenvalue weighted by atomic mass is 9.87. The fourth-order valence-corrected chi connectivity index (χ4v) is 2.61. The van der Waals surface area contributed by atoms with E-state index in [1.807, 2.05) is 0 Å². The smallest absolute Gasteiger partial charge is 0.266 e. The Morgan fingerprint density at radius 2 is 1.81 bits per heavy atom. The molecule has 0 bridgehead atoms. The van der Waals surface area contributed by atoms with Gasteiger partial charge in [-0.2, -0.15) is 0 Å². The van der Waals surface area contributed by atoms with Crippen LogP contribution in [-0.2, 0) is 10.4 Å². The van der Waals surface area contributed by atoms with Crippen molar-refractivity contribution in [3.05, 3.63) is 53.6 Å². The molecule has 1 amide bonds. The van der Waals surface area contributed by atoms with Crippen molar-refractivity contribution in [2.75, 3.05) is 19.5 Å². The zero-order valence-corrected chi connectivity index (χ0v) is 11.7. The van der Waals surface area contributed by atoms with E-state index in [4.69, 9.17) is 9.47 Å². The fourth-order valence-electron chi connectivity index (χ4n) is 2.61. The van der Waals surface area contributed by atoms with Gasteiger partial charge in [0.05, 0.1) is 14.2 Å². The van der Waals surface area contributed by atoms with Gasteiger partial charge in [-0.25, -0.2) is 0 Å². The van der Waals surface area contributed by atoms with Crippen LogP contribution in [0.5, 0.6) is 11.5 Å². The van der Waals surface area contributed by atoms with E-state index in [-0.39, 0.29) is 0 Å². The minimum atomic E-state index is -1.77. The van der Waals surface area contributed by atoms with E-state index in [0.717, 1.165) is 0 Å². The molecule has 108 valence electrons. The molecular weight excluding hydrogens is 270 g/mol. The predicted molar refractivity (Wildman–Crippen MR) is 77.6 cm³/mol. The fraction of sp³-hybridized carbons (Fsp3) is 0.188. The molecule has 0 saturated carbocycles. The van der Waals surface area contributed by atoms with E-state index in [1.54, 1.807) is 49.6 Å². The van der Waals surface area contributed by atoms with Crippen LogP contribution in [0.25, 0.3) is 0 Å². The van der Waals surface area contributed by atoms with Crippen LogP contribution in [-0.4, -0.2) is 25.2 Å². The Kier molecular flexibility index (Phi) is 3.07. The summed E-state index contributed by atoms with van der Waals surface area (Å²) in [6.07, 6.45) is 0. The van der Waals surface area contributed by atoms with Crippen LogP contribution in [0.1, 0.15) is 11.1 Å². The highest BCUT2D eigenvalue weighted by Crippen LogP contribution is 2.44. The van der Waals surface area contributed by atoms with Gasteiger partial charge in [-0.3, -0.25) is 4.79 Å². The first kappa shape index (κ1) is 13.5. The number of amides is 1. The van der Waals surface area contributed by atoms with E-state index >= 15 is 0 Å². The average Bonchev–Trinajstić information content (AvgIpc) is 2.79. The zero-order chi connectivity index (χ0) is 15.0. The van der Waals surface area contributed by atoms with Gasteiger partial charge in [0, 0.05) is 22.9 Å². The van der Waals surface area contributed by atoms with Crippen molar-refractivity contribution in [3.63, 3.8) is 0 Å². The number of fused-ring (bicyclic) bond motifs is 1. The van der Waals surface area contributed by atoms with Gasteiger partial charge in [-0.15, -0.1) is 0 Å². The van der Waals surface area contributed by atoms with Crippen LogP contribution in [0.15, 0.2) is 42.5 Å². The van der Waals surface area contributed by atoms with Gasteiger partial charge >= 0.3 is 0 Å². The van der Waals surface area contributed by atoms with E-state index in [2.05, 4.69) is 5.32 Å². The summed E-state index contributed by atoms with van der Waals surface area (Å²) in [4.78, 5) is 12.3. The van der Waals surface area contributed by atoms with Gasteiger partial charge in [0.1, 0.15) is 11.5 Å². The maximum atomic E-state index is 12.3. The third kappa shape index (κ3) is 1.86. The third-order valence-corrected chi connectivity index (χ3v) is 3.69. The number of benzene rings is 2. The molecule has 0 saturated heterocycles. The van der Waals surface area contributed by atoms with E-state index in [9.17, 15) is 9.90 Å². The lowest BCUT2D eigenvalue weighted by Gasteiger charge is -2.24. The van der Waals surface area contributed by atoms with E-state index in [1.165, 1.54) is 7.11 Å². The molecule has 1 atom stereocenters. The Balaban J connectivity index is 2.22. The summed E-state index contributed by atoms with van der Waals surface area (Å²) < 4.78 is 10.5. The molecule has 1 aliphatic rings. The predicted octanol–water partition coefficient (Wildman–Crippen LogP) is 1.89. The van der Waals surface area contributed by atoms with Gasteiger partial charge in [0.15, 0.2) is 5.60 Å². The molecule has 21 heavy (non-hydrogen) atoms. The molecule has 2 N–H and O–H groups in total. The second-order valence-corrected chi connectivity index (χ2v) is 4.78. The van der Waals surface area contributed by atoms with Crippen LogP contribution in [0.2, 0.25) is 0 Å². The highest BCUT2D eigenvalue weighted by atomic mass is 16.5. The largest absolute Gasteiger partial charge is 0.497 e. The Hall–Kier alpha value is -2.53. The SMILES string of the molecule is COc1ccc(C2(O)C(=O)Nc3ccccc32)c(OC)c1. The monoisotopic (exact) mass is 285 g/mol. The van der Waals surface area contributed by atoms with Crippen molar-refractivity contribution in [2.24, 2.45) is 0 Å². The van der Waals surface area contributed by atoms with Crippen molar-refractivity contribution in [1.29, 1.82) is 0 Å². The number of rotatable bonds is 3. The van der Waals surface area contributed by atoms with Crippen molar-refractivity contribution < 1.29 is 19.4 Å². The number of ether oxygens (including phenoxy) is 2. The summed E-state index contributed by atoms with van der Waals surface area (Å²) in [6.45, 7) is 0. The number of nitrogens with one attached hydrogen (secondary N) is 1. The minimum Gasteiger partial charge on any atom is -0.497 e. The summed E-state index contributed by atoms with van der Waals surface area (Å²) >= 11 is 0. The topological polar surface area (TPSA) is 67.8 Å². The molecule has 1 aliphatic heterocycles. The molecule has 3 rings (SSSR count). The molecule has 2 aromatic rings. The van der Waals surface area contributed by atoms with Gasteiger partial charge in [0.25, 0.3) is 5.91 Å².